The first-order valence-corrected chi connectivity index (χ1v) is 18.2. The minimum Gasteiger partial charge on any atom is -0.374 e. The molecule has 2 atom stereocenters. The first kappa shape index (κ1) is 31.7. The van der Waals surface area contributed by atoms with E-state index in [0.29, 0.717) is 0 Å². The summed E-state index contributed by atoms with van der Waals surface area (Å²) in [5, 5.41) is 10.1. The van der Waals surface area contributed by atoms with Crippen molar-refractivity contribution in [3.05, 3.63) is 224 Å². The second kappa shape index (κ2) is 12.8. The predicted octanol–water partition coefficient (Wildman–Crippen LogP) is 8.26. The van der Waals surface area contributed by atoms with Crippen LogP contribution >= 0.6 is 0 Å². The third kappa shape index (κ3) is 5.76. The van der Waals surface area contributed by atoms with Crippen LogP contribution in [0.25, 0.3) is 22.3 Å². The number of aromatic nitrogens is 2. The third-order valence-electron chi connectivity index (χ3n) is 10.6. The molecular formula is C48H42N4. The number of aromatic amines is 2. The van der Waals surface area contributed by atoms with Crippen molar-refractivity contribution in [3.8, 4) is 0 Å². The summed E-state index contributed by atoms with van der Waals surface area (Å²) in [6.45, 7) is 8.57. The molecule has 8 bridgehead atoms. The van der Waals surface area contributed by atoms with Crippen molar-refractivity contribution in [1.82, 2.24) is 20.6 Å². The quantitative estimate of drug-likeness (QED) is 0.152. The summed E-state index contributed by atoms with van der Waals surface area (Å²) in [6, 6.07) is 44.4. The molecule has 4 N–H and O–H groups in total. The minimum atomic E-state index is -0.0473. The monoisotopic (exact) mass is 674 g/mol. The molecule has 0 radical (unpaired) electrons. The van der Waals surface area contributed by atoms with Crippen LogP contribution in [0.5, 0.6) is 0 Å². The summed E-state index contributed by atoms with van der Waals surface area (Å²) < 4.78 is 0. The Balaban J connectivity index is 1.35. The normalized spacial score (nSPS) is 22.8. The van der Waals surface area contributed by atoms with Crippen LogP contribution in [0.2, 0.25) is 0 Å². The Morgan fingerprint density at radius 3 is 1.08 bits per heavy atom. The maximum absolute atomic E-state index is 3.97. The summed E-state index contributed by atoms with van der Waals surface area (Å²) in [6.07, 6.45) is 9.12. The van der Waals surface area contributed by atoms with E-state index in [4.69, 9.17) is 0 Å². The van der Waals surface area contributed by atoms with E-state index in [1.54, 1.807) is 0 Å². The fraction of sp³-hybridized carbons (Fsp3) is 0.125. The first-order chi connectivity index (χ1) is 25.4. The number of hydrogen-bond acceptors (Lipinski definition) is 2. The first-order valence-electron chi connectivity index (χ1n) is 18.2. The molecule has 4 heteroatoms. The molecule has 9 rings (SSSR count). The average molecular weight is 675 g/mol. The van der Waals surface area contributed by atoms with Gasteiger partial charge in [0.2, 0.25) is 0 Å². The molecule has 0 fully saturated rings. The number of allylic oxidation sites excluding steroid dienone is 2. The van der Waals surface area contributed by atoms with Crippen molar-refractivity contribution < 1.29 is 0 Å². The lowest BCUT2D eigenvalue weighted by Crippen LogP contribution is -2.31. The summed E-state index contributed by atoms with van der Waals surface area (Å²) in [5.74, 6) is 0. The Bertz CT molecular complexity index is 2390. The second-order valence-electron chi connectivity index (χ2n) is 14.4. The van der Waals surface area contributed by atoms with Gasteiger partial charge in [-0.1, -0.05) is 131 Å². The summed E-state index contributed by atoms with van der Waals surface area (Å²) in [5.41, 5.74) is 18.7. The summed E-state index contributed by atoms with van der Waals surface area (Å²) in [7, 11) is 0. The van der Waals surface area contributed by atoms with Crippen LogP contribution in [-0.4, -0.2) is 22.1 Å². The van der Waals surface area contributed by atoms with Crippen LogP contribution in [0, 0.1) is 27.7 Å². The lowest BCUT2D eigenvalue weighted by atomic mass is 9.97. The van der Waals surface area contributed by atoms with Crippen molar-refractivity contribution in [3.63, 3.8) is 0 Å². The van der Waals surface area contributed by atoms with Gasteiger partial charge in [0.1, 0.15) is 0 Å². The zero-order valence-corrected chi connectivity index (χ0v) is 30.0. The zero-order valence-electron chi connectivity index (χ0n) is 30.0. The molecule has 3 aliphatic heterocycles. The number of fused-ring (bicyclic) bond motifs is 8. The predicted molar refractivity (Wildman–Crippen MR) is 215 cm³/mol. The van der Waals surface area contributed by atoms with Crippen LogP contribution in [0.4, 0.5) is 0 Å². The maximum Gasteiger partial charge on any atom is 0.0728 e. The molecule has 4 aromatic carbocycles. The number of nitrogens with one attached hydrogen (secondary N) is 4. The standard InChI is InChI=1S/C48H42N4/c1-29-5-13-33(14-6-29)45-37-21-23-39(49-37)46(34-15-7-30(2)8-16-34)41-25-27-43(51-41)48(36-19-11-32(4)12-20-36)44-28-26-42(52-44)47(40-24-22-38(45)50-40)35-17-9-31(3)10-18-35/h5-28,37,42,49-52H,1-4H3/b45-38-,46-39-,47-40-,48-44-. The lowest BCUT2D eigenvalue weighted by molar-refractivity contribution is 0.849. The number of aryl methyl sites for hydroxylation is 4. The molecule has 3 aliphatic rings. The van der Waals surface area contributed by atoms with Gasteiger partial charge in [-0.05, 0) is 86.4 Å². The molecule has 52 heavy (non-hydrogen) atoms. The topological polar surface area (TPSA) is 55.6 Å². The molecule has 0 saturated carbocycles. The van der Waals surface area contributed by atoms with Crippen molar-refractivity contribution in [1.29, 1.82) is 0 Å². The Morgan fingerprint density at radius 1 is 0.365 bits per heavy atom. The molecule has 0 amide bonds. The lowest BCUT2D eigenvalue weighted by Gasteiger charge is -2.20. The van der Waals surface area contributed by atoms with Gasteiger partial charge in [0.15, 0.2) is 0 Å². The van der Waals surface area contributed by atoms with Gasteiger partial charge in [0, 0.05) is 55.8 Å². The molecule has 6 aromatic rings. The van der Waals surface area contributed by atoms with Crippen LogP contribution in [-0.2, 0) is 0 Å². The third-order valence-corrected chi connectivity index (χ3v) is 10.6. The van der Waals surface area contributed by atoms with Crippen LogP contribution in [0.1, 0.15) is 55.9 Å². The van der Waals surface area contributed by atoms with Gasteiger partial charge < -0.3 is 20.6 Å². The molecule has 254 valence electrons. The van der Waals surface area contributed by atoms with Crippen LogP contribution in [0.3, 0.4) is 0 Å². The average Bonchev–Trinajstić information content (AvgIpc) is 3.99. The molecular weight excluding hydrogens is 633 g/mol. The second-order valence-corrected chi connectivity index (χ2v) is 14.4. The van der Waals surface area contributed by atoms with Crippen molar-refractivity contribution in [2.75, 3.05) is 0 Å². The van der Waals surface area contributed by atoms with E-state index in [-0.39, 0.29) is 12.1 Å². The zero-order chi connectivity index (χ0) is 35.3. The highest BCUT2D eigenvalue weighted by molar-refractivity contribution is 5.88. The highest BCUT2D eigenvalue weighted by Gasteiger charge is 2.27. The van der Waals surface area contributed by atoms with Gasteiger partial charge in [-0.15, -0.1) is 0 Å². The highest BCUT2D eigenvalue weighted by atomic mass is 15.0. The maximum atomic E-state index is 3.97. The highest BCUT2D eigenvalue weighted by Crippen LogP contribution is 2.35. The van der Waals surface area contributed by atoms with Gasteiger partial charge in [0.25, 0.3) is 0 Å². The Labute approximate surface area is 305 Å². The van der Waals surface area contributed by atoms with Crippen LogP contribution in [0.15, 0.2) is 157 Å². The van der Waals surface area contributed by atoms with Crippen LogP contribution < -0.4 is 21.3 Å². The van der Waals surface area contributed by atoms with E-state index in [1.807, 2.05) is 0 Å². The minimum absolute atomic E-state index is 0.0473. The molecule has 4 nitrogen and oxygen atoms in total. The van der Waals surface area contributed by atoms with E-state index < -0.39 is 0 Å². The molecule has 2 aromatic heterocycles. The molecule has 5 heterocycles. The number of rotatable bonds is 4. The van der Waals surface area contributed by atoms with Crippen molar-refractivity contribution in [2.45, 2.75) is 39.8 Å². The largest absolute Gasteiger partial charge is 0.374 e. The van der Waals surface area contributed by atoms with E-state index in [1.165, 1.54) is 44.5 Å². The fourth-order valence-corrected chi connectivity index (χ4v) is 7.78. The number of hydrogen-bond donors (Lipinski definition) is 4. The Hall–Kier alpha value is -6.26. The molecule has 0 spiro atoms. The number of benzene rings is 4. The van der Waals surface area contributed by atoms with Gasteiger partial charge in [0.05, 0.1) is 12.1 Å². The van der Waals surface area contributed by atoms with Gasteiger partial charge in [-0.25, -0.2) is 0 Å². The molecule has 2 unspecified atom stereocenters. The van der Waals surface area contributed by atoms with Gasteiger partial charge in [-0.2, -0.15) is 0 Å². The van der Waals surface area contributed by atoms with E-state index in [0.717, 1.165) is 55.8 Å². The Morgan fingerprint density at radius 2 is 0.712 bits per heavy atom. The number of H-pyrrole nitrogens is 2. The molecule has 0 aliphatic carbocycles. The van der Waals surface area contributed by atoms with Gasteiger partial charge >= 0.3 is 0 Å². The van der Waals surface area contributed by atoms with E-state index >= 15 is 0 Å². The smallest absolute Gasteiger partial charge is 0.0728 e. The summed E-state index contributed by atoms with van der Waals surface area (Å²) in [4.78, 5) is 7.83. The molecule has 0 saturated heterocycles. The van der Waals surface area contributed by atoms with E-state index in [9.17, 15) is 0 Å². The van der Waals surface area contributed by atoms with Crippen molar-refractivity contribution >= 4 is 22.3 Å². The van der Waals surface area contributed by atoms with Gasteiger partial charge in [-0.3, -0.25) is 0 Å². The van der Waals surface area contributed by atoms with Crippen molar-refractivity contribution in [2.24, 2.45) is 0 Å². The fourth-order valence-electron chi connectivity index (χ4n) is 7.78. The van der Waals surface area contributed by atoms with E-state index in [2.05, 4.69) is 194 Å². The Kier molecular flexibility index (Phi) is 7.81. The summed E-state index contributed by atoms with van der Waals surface area (Å²) >= 11 is 0. The SMILES string of the molecule is Cc1ccc(/C2=C3\C=CC(N3)/C(c3ccc(C)cc3)=c3/cc/c([nH]3)=C(\c3ccc(C)cc3)C3C=C/C(=C(\c4ccc(C)cc4)c4ccc2[nH]4)N3)cc1.